The minimum atomic E-state index is -0.261. The molecule has 3 rings (SSSR count). The van der Waals surface area contributed by atoms with Crippen molar-refractivity contribution in [3.8, 4) is 0 Å². The molecule has 2 aromatic rings. The van der Waals surface area contributed by atoms with Crippen LogP contribution in [-0.2, 0) is 9.59 Å². The molecular formula is C21H22N2O2. The maximum Gasteiger partial charge on any atom is 0.278 e. The van der Waals surface area contributed by atoms with E-state index in [2.05, 4.69) is 5.32 Å². The van der Waals surface area contributed by atoms with Crippen LogP contribution in [0.4, 0.5) is 5.69 Å². The van der Waals surface area contributed by atoms with Gasteiger partial charge in [-0.05, 0) is 38.0 Å². The number of benzene rings is 2. The number of nitrogens with zero attached hydrogens (tertiary/aromatic N) is 1. The van der Waals surface area contributed by atoms with Crippen molar-refractivity contribution < 1.29 is 9.59 Å². The zero-order valence-corrected chi connectivity index (χ0v) is 14.8. The summed E-state index contributed by atoms with van der Waals surface area (Å²) in [5.41, 5.74) is 4.60. The highest BCUT2D eigenvalue weighted by molar-refractivity contribution is 6.36. The molecule has 1 N–H and O–H groups in total. The van der Waals surface area contributed by atoms with Gasteiger partial charge in [-0.3, -0.25) is 14.5 Å². The monoisotopic (exact) mass is 334 g/mol. The van der Waals surface area contributed by atoms with Crippen LogP contribution in [0, 0.1) is 13.8 Å². The van der Waals surface area contributed by atoms with E-state index in [1.807, 2.05) is 69.3 Å². The molecule has 0 saturated carbocycles. The molecule has 0 spiro atoms. The van der Waals surface area contributed by atoms with Gasteiger partial charge in [-0.25, -0.2) is 0 Å². The number of amides is 2. The fourth-order valence-electron chi connectivity index (χ4n) is 2.89. The number of carbonyl (C=O) groups is 2. The second-order valence-corrected chi connectivity index (χ2v) is 6.37. The Kier molecular flexibility index (Phi) is 4.70. The SMILES string of the molecule is CCCN1C(=O)C(Nc2ccc(C)cc2)=C(c2ccc(C)cc2)C1=O. The van der Waals surface area contributed by atoms with E-state index in [9.17, 15) is 9.59 Å². The van der Waals surface area contributed by atoms with Crippen LogP contribution in [0.2, 0.25) is 0 Å². The summed E-state index contributed by atoms with van der Waals surface area (Å²) in [6, 6.07) is 15.5. The van der Waals surface area contributed by atoms with E-state index in [4.69, 9.17) is 0 Å². The Balaban J connectivity index is 2.05. The second-order valence-electron chi connectivity index (χ2n) is 6.37. The van der Waals surface area contributed by atoms with Gasteiger partial charge in [0, 0.05) is 12.2 Å². The highest BCUT2D eigenvalue weighted by Crippen LogP contribution is 2.30. The lowest BCUT2D eigenvalue weighted by molar-refractivity contribution is -0.136. The maximum absolute atomic E-state index is 12.9. The summed E-state index contributed by atoms with van der Waals surface area (Å²) in [5.74, 6) is -0.492. The Hall–Kier alpha value is -2.88. The van der Waals surface area contributed by atoms with Crippen LogP contribution >= 0.6 is 0 Å². The summed E-state index contributed by atoms with van der Waals surface area (Å²) in [7, 11) is 0. The van der Waals surface area contributed by atoms with Crippen molar-refractivity contribution >= 4 is 23.1 Å². The first-order chi connectivity index (χ1) is 12.0. The number of rotatable bonds is 5. The highest BCUT2D eigenvalue weighted by Gasteiger charge is 2.38. The summed E-state index contributed by atoms with van der Waals surface area (Å²) < 4.78 is 0. The van der Waals surface area contributed by atoms with Crippen LogP contribution in [-0.4, -0.2) is 23.3 Å². The third kappa shape index (κ3) is 3.33. The van der Waals surface area contributed by atoms with Crippen LogP contribution in [0.25, 0.3) is 5.57 Å². The minimum absolute atomic E-state index is 0.231. The first-order valence-corrected chi connectivity index (χ1v) is 8.52. The van der Waals surface area contributed by atoms with Gasteiger partial charge < -0.3 is 5.32 Å². The van der Waals surface area contributed by atoms with E-state index in [1.165, 1.54) is 4.90 Å². The lowest BCUT2D eigenvalue weighted by Crippen LogP contribution is -2.33. The Bertz CT molecular complexity index is 833. The maximum atomic E-state index is 12.9. The minimum Gasteiger partial charge on any atom is -0.350 e. The van der Waals surface area contributed by atoms with Crippen LogP contribution in [0.1, 0.15) is 30.0 Å². The number of hydrogen-bond acceptors (Lipinski definition) is 3. The third-order valence-corrected chi connectivity index (χ3v) is 4.28. The zero-order valence-electron chi connectivity index (χ0n) is 14.8. The van der Waals surface area contributed by atoms with Gasteiger partial charge >= 0.3 is 0 Å². The molecule has 1 aliphatic rings. The molecule has 2 amide bonds. The molecule has 1 aliphatic heterocycles. The van der Waals surface area contributed by atoms with E-state index in [1.54, 1.807) is 0 Å². The zero-order chi connectivity index (χ0) is 18.0. The number of carbonyl (C=O) groups excluding carboxylic acids is 2. The molecule has 0 aromatic heterocycles. The molecule has 0 atom stereocenters. The second kappa shape index (κ2) is 6.93. The van der Waals surface area contributed by atoms with Crippen molar-refractivity contribution in [2.75, 3.05) is 11.9 Å². The average molecular weight is 334 g/mol. The molecular weight excluding hydrogens is 312 g/mol. The molecule has 4 heteroatoms. The van der Waals surface area contributed by atoms with Crippen molar-refractivity contribution in [1.82, 2.24) is 4.90 Å². The van der Waals surface area contributed by atoms with E-state index < -0.39 is 0 Å². The molecule has 0 saturated heterocycles. The van der Waals surface area contributed by atoms with Gasteiger partial charge in [0.15, 0.2) is 0 Å². The summed E-state index contributed by atoms with van der Waals surface area (Å²) in [6.07, 6.45) is 0.733. The van der Waals surface area contributed by atoms with Crippen LogP contribution < -0.4 is 5.32 Å². The van der Waals surface area contributed by atoms with Crippen LogP contribution in [0.3, 0.4) is 0 Å². The van der Waals surface area contributed by atoms with Crippen LogP contribution in [0.15, 0.2) is 54.2 Å². The molecule has 128 valence electrons. The number of nitrogens with one attached hydrogen (secondary N) is 1. The Morgan fingerprint density at radius 3 is 1.96 bits per heavy atom. The van der Waals surface area contributed by atoms with Gasteiger partial charge in [0.2, 0.25) is 0 Å². The fourth-order valence-corrected chi connectivity index (χ4v) is 2.89. The number of hydrogen-bond donors (Lipinski definition) is 1. The van der Waals surface area contributed by atoms with E-state index in [0.29, 0.717) is 17.8 Å². The Morgan fingerprint density at radius 1 is 0.840 bits per heavy atom. The standard InChI is InChI=1S/C21H22N2O2/c1-4-13-23-20(24)18(16-9-5-14(2)6-10-16)19(21(23)25)22-17-11-7-15(3)8-12-17/h5-12,22H,4,13H2,1-3H3. The molecule has 1 heterocycles. The van der Waals surface area contributed by atoms with Gasteiger partial charge in [0.05, 0.1) is 5.57 Å². The number of imide groups is 1. The lowest BCUT2D eigenvalue weighted by Gasteiger charge is -2.13. The van der Waals surface area contributed by atoms with E-state index in [-0.39, 0.29) is 11.8 Å². The highest BCUT2D eigenvalue weighted by atomic mass is 16.2. The Morgan fingerprint density at radius 2 is 1.40 bits per heavy atom. The molecule has 25 heavy (non-hydrogen) atoms. The number of aryl methyl sites for hydroxylation is 2. The van der Waals surface area contributed by atoms with Crippen molar-refractivity contribution in [2.24, 2.45) is 0 Å². The lowest BCUT2D eigenvalue weighted by atomic mass is 10.0. The van der Waals surface area contributed by atoms with E-state index >= 15 is 0 Å². The van der Waals surface area contributed by atoms with Crippen molar-refractivity contribution in [1.29, 1.82) is 0 Å². The molecule has 0 radical (unpaired) electrons. The summed E-state index contributed by atoms with van der Waals surface area (Å²) in [4.78, 5) is 27.0. The molecule has 4 nitrogen and oxygen atoms in total. The van der Waals surface area contributed by atoms with Gasteiger partial charge in [-0.1, -0.05) is 54.4 Å². The van der Waals surface area contributed by atoms with Gasteiger partial charge in [0.25, 0.3) is 11.8 Å². The third-order valence-electron chi connectivity index (χ3n) is 4.28. The van der Waals surface area contributed by atoms with E-state index in [0.717, 1.165) is 28.8 Å². The average Bonchev–Trinajstić information content (AvgIpc) is 2.83. The first-order valence-electron chi connectivity index (χ1n) is 8.52. The topological polar surface area (TPSA) is 49.4 Å². The number of anilines is 1. The molecule has 0 aliphatic carbocycles. The van der Waals surface area contributed by atoms with Crippen LogP contribution in [0.5, 0.6) is 0 Å². The fraction of sp³-hybridized carbons (Fsp3) is 0.238. The van der Waals surface area contributed by atoms with Crippen molar-refractivity contribution in [2.45, 2.75) is 27.2 Å². The van der Waals surface area contributed by atoms with Gasteiger partial charge in [0.1, 0.15) is 5.70 Å². The van der Waals surface area contributed by atoms with Crippen molar-refractivity contribution in [3.05, 3.63) is 70.9 Å². The quantitative estimate of drug-likeness (QED) is 0.844. The van der Waals surface area contributed by atoms with Gasteiger partial charge in [-0.15, -0.1) is 0 Å². The predicted octanol–water partition coefficient (Wildman–Crippen LogP) is 3.91. The smallest absolute Gasteiger partial charge is 0.278 e. The summed E-state index contributed by atoms with van der Waals surface area (Å²) in [6.45, 7) is 6.38. The molecule has 2 aromatic carbocycles. The first kappa shape index (κ1) is 17.0. The normalized spacial score (nSPS) is 14.4. The van der Waals surface area contributed by atoms with Crippen molar-refractivity contribution in [3.63, 3.8) is 0 Å². The summed E-state index contributed by atoms with van der Waals surface area (Å²) >= 11 is 0. The molecule has 0 bridgehead atoms. The molecule has 0 fully saturated rings. The Labute approximate surface area is 148 Å². The van der Waals surface area contributed by atoms with Gasteiger partial charge in [-0.2, -0.15) is 0 Å². The molecule has 0 unspecified atom stereocenters. The largest absolute Gasteiger partial charge is 0.350 e. The summed E-state index contributed by atoms with van der Waals surface area (Å²) in [5, 5.41) is 3.17. The predicted molar refractivity (Wildman–Crippen MR) is 99.9 cm³/mol.